The summed E-state index contributed by atoms with van der Waals surface area (Å²) in [6, 6.07) is 3.22. The van der Waals surface area contributed by atoms with Crippen molar-refractivity contribution in [1.29, 1.82) is 5.26 Å². The van der Waals surface area contributed by atoms with Gasteiger partial charge in [-0.05, 0) is 25.5 Å². The number of nitrogens with zero attached hydrogens (tertiary/aromatic N) is 1. The molecule has 62 valence electrons. The number of hydrogen-bond donors (Lipinski definition) is 1. The van der Waals surface area contributed by atoms with Crippen molar-refractivity contribution in [3.63, 3.8) is 0 Å². The largest absolute Gasteiger partial charge is 0.397 e. The zero-order chi connectivity index (χ0) is 9.30. The van der Waals surface area contributed by atoms with Crippen LogP contribution in [0.2, 0.25) is 0 Å². The first-order chi connectivity index (χ1) is 5.57. The van der Waals surface area contributed by atoms with E-state index >= 15 is 0 Å². The molecule has 12 heavy (non-hydrogen) atoms. The number of benzene rings is 1. The first-order valence-corrected chi connectivity index (χ1v) is 3.53. The minimum atomic E-state index is -0.377. The van der Waals surface area contributed by atoms with E-state index in [1.165, 1.54) is 6.07 Å². The number of hydrogen-bond acceptors (Lipinski definition) is 2. The molecule has 0 atom stereocenters. The Morgan fingerprint density at radius 2 is 2.08 bits per heavy atom. The van der Waals surface area contributed by atoms with Gasteiger partial charge in [-0.2, -0.15) is 5.26 Å². The van der Waals surface area contributed by atoms with E-state index in [0.29, 0.717) is 16.8 Å². The SMILES string of the molecule is Cc1cc(F)c(C)c(C#N)c1N. The molecule has 0 aliphatic rings. The molecule has 0 saturated carbocycles. The Bertz CT molecular complexity index is 338. The van der Waals surface area contributed by atoms with Crippen LogP contribution in [0.25, 0.3) is 0 Å². The van der Waals surface area contributed by atoms with Crippen molar-refractivity contribution < 1.29 is 4.39 Å². The molecule has 1 rings (SSSR count). The second kappa shape index (κ2) is 2.82. The van der Waals surface area contributed by atoms with Gasteiger partial charge in [-0.1, -0.05) is 0 Å². The lowest BCUT2D eigenvalue weighted by Crippen LogP contribution is -1.99. The van der Waals surface area contributed by atoms with E-state index in [2.05, 4.69) is 0 Å². The number of halogens is 1. The maximum atomic E-state index is 13.0. The van der Waals surface area contributed by atoms with Gasteiger partial charge in [0.1, 0.15) is 11.9 Å². The predicted octanol–water partition coefficient (Wildman–Crippen LogP) is 1.90. The zero-order valence-corrected chi connectivity index (χ0v) is 6.98. The Kier molecular flexibility index (Phi) is 2.01. The van der Waals surface area contributed by atoms with Gasteiger partial charge < -0.3 is 5.73 Å². The molecule has 2 nitrogen and oxygen atoms in total. The maximum Gasteiger partial charge on any atom is 0.127 e. The summed E-state index contributed by atoms with van der Waals surface area (Å²) in [6.07, 6.45) is 0. The highest BCUT2D eigenvalue weighted by molar-refractivity contribution is 5.62. The smallest absolute Gasteiger partial charge is 0.127 e. The summed E-state index contributed by atoms with van der Waals surface area (Å²) < 4.78 is 13.0. The average Bonchev–Trinajstić information content (AvgIpc) is 2.02. The lowest BCUT2D eigenvalue weighted by molar-refractivity contribution is 0.617. The lowest BCUT2D eigenvalue weighted by Gasteiger charge is -2.05. The van der Waals surface area contributed by atoms with Crippen LogP contribution >= 0.6 is 0 Å². The summed E-state index contributed by atoms with van der Waals surface area (Å²) >= 11 is 0. The van der Waals surface area contributed by atoms with Crippen LogP contribution in [0.3, 0.4) is 0 Å². The van der Waals surface area contributed by atoms with Gasteiger partial charge in [0.05, 0.1) is 11.3 Å². The summed E-state index contributed by atoms with van der Waals surface area (Å²) in [5.74, 6) is -0.377. The van der Waals surface area contributed by atoms with Crippen LogP contribution < -0.4 is 5.73 Å². The van der Waals surface area contributed by atoms with E-state index in [1.807, 2.05) is 6.07 Å². The van der Waals surface area contributed by atoms with Gasteiger partial charge in [-0.25, -0.2) is 4.39 Å². The summed E-state index contributed by atoms with van der Waals surface area (Å²) in [5, 5.41) is 8.65. The quantitative estimate of drug-likeness (QED) is 0.595. The summed E-state index contributed by atoms with van der Waals surface area (Å²) in [5.41, 5.74) is 7.11. The number of anilines is 1. The normalized spacial score (nSPS) is 9.50. The molecule has 0 unspecified atom stereocenters. The second-order valence-electron chi connectivity index (χ2n) is 2.70. The minimum absolute atomic E-state index is 0.243. The molecule has 0 fully saturated rings. The van der Waals surface area contributed by atoms with Crippen LogP contribution in [-0.4, -0.2) is 0 Å². The average molecular weight is 164 g/mol. The highest BCUT2D eigenvalue weighted by Crippen LogP contribution is 2.22. The number of aryl methyl sites for hydroxylation is 1. The van der Waals surface area contributed by atoms with Crippen molar-refractivity contribution in [2.75, 3.05) is 5.73 Å². The number of nitrogen functional groups attached to an aromatic ring is 1. The Balaban J connectivity index is 3.56. The fraction of sp³-hybridized carbons (Fsp3) is 0.222. The zero-order valence-electron chi connectivity index (χ0n) is 6.98. The monoisotopic (exact) mass is 164 g/mol. The standard InChI is InChI=1S/C9H9FN2/c1-5-3-8(10)6(2)7(4-11)9(5)12/h3H,12H2,1-2H3. The van der Waals surface area contributed by atoms with Gasteiger partial charge in [0.2, 0.25) is 0 Å². The van der Waals surface area contributed by atoms with Crippen molar-refractivity contribution in [3.05, 3.63) is 28.6 Å². The van der Waals surface area contributed by atoms with Gasteiger partial charge >= 0.3 is 0 Å². The Morgan fingerprint density at radius 1 is 1.50 bits per heavy atom. The van der Waals surface area contributed by atoms with E-state index < -0.39 is 0 Å². The van der Waals surface area contributed by atoms with Crippen molar-refractivity contribution in [2.24, 2.45) is 0 Å². The molecule has 3 heteroatoms. The Morgan fingerprint density at radius 3 is 2.58 bits per heavy atom. The van der Waals surface area contributed by atoms with Gasteiger partial charge in [0.25, 0.3) is 0 Å². The molecular weight excluding hydrogens is 155 g/mol. The number of rotatable bonds is 0. The van der Waals surface area contributed by atoms with Crippen molar-refractivity contribution >= 4 is 5.69 Å². The third-order valence-electron chi connectivity index (χ3n) is 1.88. The minimum Gasteiger partial charge on any atom is -0.397 e. The number of nitriles is 1. The molecule has 0 aliphatic carbocycles. The highest BCUT2D eigenvalue weighted by atomic mass is 19.1. The van der Waals surface area contributed by atoms with Gasteiger partial charge in [0, 0.05) is 5.56 Å². The maximum absolute atomic E-state index is 13.0. The molecule has 2 N–H and O–H groups in total. The molecule has 0 amide bonds. The molecule has 0 spiro atoms. The van der Waals surface area contributed by atoms with E-state index in [0.717, 1.165) is 0 Å². The van der Waals surface area contributed by atoms with Gasteiger partial charge in [-0.15, -0.1) is 0 Å². The van der Waals surface area contributed by atoms with E-state index in [4.69, 9.17) is 11.0 Å². The Labute approximate surface area is 70.4 Å². The number of nitrogens with two attached hydrogens (primary N) is 1. The fourth-order valence-corrected chi connectivity index (χ4v) is 1.04. The Hall–Kier alpha value is -1.56. The van der Waals surface area contributed by atoms with Crippen LogP contribution in [0.5, 0.6) is 0 Å². The van der Waals surface area contributed by atoms with E-state index in [-0.39, 0.29) is 11.4 Å². The van der Waals surface area contributed by atoms with E-state index in [9.17, 15) is 4.39 Å². The topological polar surface area (TPSA) is 49.8 Å². The molecule has 0 aromatic heterocycles. The van der Waals surface area contributed by atoms with E-state index in [1.54, 1.807) is 13.8 Å². The van der Waals surface area contributed by atoms with Crippen LogP contribution in [0.1, 0.15) is 16.7 Å². The lowest BCUT2D eigenvalue weighted by atomic mass is 10.0. The molecule has 0 aliphatic heterocycles. The first-order valence-electron chi connectivity index (χ1n) is 3.53. The molecule has 0 heterocycles. The van der Waals surface area contributed by atoms with Crippen LogP contribution in [0.15, 0.2) is 6.07 Å². The first kappa shape index (κ1) is 8.54. The van der Waals surface area contributed by atoms with Gasteiger partial charge in [0.15, 0.2) is 0 Å². The van der Waals surface area contributed by atoms with Crippen molar-refractivity contribution in [1.82, 2.24) is 0 Å². The van der Waals surface area contributed by atoms with Crippen LogP contribution in [0, 0.1) is 31.0 Å². The third-order valence-corrected chi connectivity index (χ3v) is 1.88. The molecule has 0 radical (unpaired) electrons. The molecular formula is C9H9FN2. The predicted molar refractivity (Wildman–Crippen MR) is 45.0 cm³/mol. The van der Waals surface area contributed by atoms with Crippen molar-refractivity contribution in [3.8, 4) is 6.07 Å². The molecule has 0 bridgehead atoms. The summed E-state index contributed by atoms with van der Waals surface area (Å²) in [6.45, 7) is 3.22. The third kappa shape index (κ3) is 1.12. The summed E-state index contributed by atoms with van der Waals surface area (Å²) in [4.78, 5) is 0. The van der Waals surface area contributed by atoms with Crippen LogP contribution in [-0.2, 0) is 0 Å². The molecule has 1 aromatic rings. The second-order valence-corrected chi connectivity index (χ2v) is 2.70. The van der Waals surface area contributed by atoms with Gasteiger partial charge in [-0.3, -0.25) is 0 Å². The fourth-order valence-electron chi connectivity index (χ4n) is 1.04. The van der Waals surface area contributed by atoms with Crippen LogP contribution in [0.4, 0.5) is 10.1 Å². The van der Waals surface area contributed by atoms with Crippen molar-refractivity contribution in [2.45, 2.75) is 13.8 Å². The molecule has 0 saturated heterocycles. The molecule has 1 aromatic carbocycles. The summed E-state index contributed by atoms with van der Waals surface area (Å²) in [7, 11) is 0. The highest BCUT2D eigenvalue weighted by Gasteiger charge is 2.09.